The van der Waals surface area contributed by atoms with Crippen molar-refractivity contribution in [3.8, 4) is 0 Å². The zero-order valence-electron chi connectivity index (χ0n) is 14.7. The van der Waals surface area contributed by atoms with Crippen LogP contribution in [0.2, 0.25) is 32.2 Å². The van der Waals surface area contributed by atoms with Crippen molar-refractivity contribution < 1.29 is 16.5 Å². The molecule has 1 rings (SSSR count). The van der Waals surface area contributed by atoms with Crippen molar-refractivity contribution in [3.63, 3.8) is 0 Å². The van der Waals surface area contributed by atoms with Gasteiger partial charge in [0.15, 0.2) is 0 Å². The zero-order chi connectivity index (χ0) is 16.4. The van der Waals surface area contributed by atoms with E-state index in [0.717, 1.165) is 6.04 Å². The largest absolute Gasteiger partial charge is 0.415 e. The van der Waals surface area contributed by atoms with E-state index in [1.54, 1.807) is 0 Å². The van der Waals surface area contributed by atoms with Gasteiger partial charge in [-0.2, -0.15) is 0 Å². The highest BCUT2D eigenvalue weighted by molar-refractivity contribution is 6.81. The van der Waals surface area contributed by atoms with E-state index < -0.39 is 36.4 Å². The molecule has 0 atom stereocenters. The molecule has 0 saturated carbocycles. The summed E-state index contributed by atoms with van der Waals surface area (Å²) in [6.07, 6.45) is 12.0. The maximum absolute atomic E-state index is 6.24. The second-order valence-electron chi connectivity index (χ2n) is 5.89. The first-order valence-corrected chi connectivity index (χ1v) is 16.3. The monoisotopic (exact) mass is 375 g/mol. The summed E-state index contributed by atoms with van der Waals surface area (Å²) in [6, 6.07) is 1.06. The number of rotatable bonds is 8. The molecule has 0 aromatic rings. The van der Waals surface area contributed by atoms with Gasteiger partial charge in [-0.05, 0) is 52.0 Å². The van der Waals surface area contributed by atoms with Crippen LogP contribution >= 0.6 is 0 Å². The maximum Gasteiger partial charge on any atom is 0.362 e. The van der Waals surface area contributed by atoms with Gasteiger partial charge >= 0.3 is 36.4 Å². The molecule has 0 bridgehead atoms. The fraction of sp³-hybridized carbons (Fsp3) is 0.857. The lowest BCUT2D eigenvalue weighted by atomic mass is 10.1. The van der Waals surface area contributed by atoms with Crippen LogP contribution in [-0.4, -0.2) is 36.4 Å². The molecule has 0 amide bonds. The van der Waals surface area contributed by atoms with Gasteiger partial charge in [-0.25, -0.2) is 0 Å². The van der Waals surface area contributed by atoms with Gasteiger partial charge in [0.05, 0.1) is 0 Å². The average Bonchev–Trinajstić information content (AvgIpc) is 2.39. The highest BCUT2D eigenvalue weighted by atomic mass is 28.5. The molecule has 8 heteroatoms. The van der Waals surface area contributed by atoms with E-state index in [-0.39, 0.29) is 0 Å². The van der Waals surface area contributed by atoms with E-state index in [1.807, 2.05) is 6.55 Å². The Balaban J connectivity index is 2.26. The van der Waals surface area contributed by atoms with Gasteiger partial charge in [-0.15, -0.1) is 0 Å². The molecule has 0 aliphatic carbocycles. The Labute approximate surface area is 143 Å². The SMILES string of the molecule is C/C=C/CCCCCCC[Si]1(C)O[Si](C)O[Si](C)O[Si](C)O1. The predicted molar refractivity (Wildman–Crippen MR) is 98.1 cm³/mol. The second-order valence-corrected chi connectivity index (χ2v) is 14.9. The number of allylic oxidation sites excluding steroid dienone is 2. The van der Waals surface area contributed by atoms with Gasteiger partial charge in [0.1, 0.15) is 0 Å². The van der Waals surface area contributed by atoms with Crippen LogP contribution in [0.1, 0.15) is 45.4 Å². The molecule has 0 aromatic carbocycles. The van der Waals surface area contributed by atoms with Gasteiger partial charge < -0.3 is 16.5 Å². The van der Waals surface area contributed by atoms with E-state index in [0.29, 0.717) is 0 Å². The standard InChI is InChI=1S/C14H31O4Si4/c1-6-7-8-9-10-11-12-13-14-22(5)17-20(3)15-19(2)16-21(4)18-22/h6-7H,8-14H2,1-5H3/b7-6+. The van der Waals surface area contributed by atoms with Crippen LogP contribution < -0.4 is 0 Å². The summed E-state index contributed by atoms with van der Waals surface area (Å²) in [6.45, 7) is 10.4. The van der Waals surface area contributed by atoms with Crippen LogP contribution in [-0.2, 0) is 16.5 Å². The highest BCUT2D eigenvalue weighted by Gasteiger charge is 2.40. The summed E-state index contributed by atoms with van der Waals surface area (Å²) in [5.41, 5.74) is 0. The molecule has 127 valence electrons. The molecule has 1 fully saturated rings. The normalized spacial score (nSPS) is 22.0. The fourth-order valence-corrected chi connectivity index (χ4v) is 14.6. The fourth-order valence-electron chi connectivity index (χ4n) is 2.60. The molecule has 0 N–H and O–H groups in total. The molecule has 1 heterocycles. The molecule has 1 aliphatic heterocycles. The van der Waals surface area contributed by atoms with Crippen LogP contribution in [0.4, 0.5) is 0 Å². The van der Waals surface area contributed by atoms with Gasteiger partial charge in [0.2, 0.25) is 0 Å². The summed E-state index contributed by atoms with van der Waals surface area (Å²) >= 11 is 0. The topological polar surface area (TPSA) is 36.9 Å². The molecule has 3 radical (unpaired) electrons. The maximum atomic E-state index is 6.24. The van der Waals surface area contributed by atoms with Gasteiger partial charge in [0, 0.05) is 0 Å². The summed E-state index contributed by atoms with van der Waals surface area (Å²) in [7, 11) is -5.73. The molecular weight excluding hydrogens is 344 g/mol. The van der Waals surface area contributed by atoms with Crippen molar-refractivity contribution in [1.82, 2.24) is 0 Å². The van der Waals surface area contributed by atoms with E-state index >= 15 is 0 Å². The lowest BCUT2D eigenvalue weighted by Crippen LogP contribution is -2.52. The zero-order valence-corrected chi connectivity index (χ0v) is 18.7. The smallest absolute Gasteiger partial charge is 0.362 e. The van der Waals surface area contributed by atoms with Gasteiger partial charge in [0.25, 0.3) is 0 Å². The van der Waals surface area contributed by atoms with Crippen LogP contribution in [0.5, 0.6) is 0 Å². The lowest BCUT2D eigenvalue weighted by Gasteiger charge is -2.35. The number of hydrogen-bond acceptors (Lipinski definition) is 4. The molecule has 0 spiro atoms. The van der Waals surface area contributed by atoms with Crippen LogP contribution in [0.3, 0.4) is 0 Å². The lowest BCUT2D eigenvalue weighted by molar-refractivity contribution is 0.273. The van der Waals surface area contributed by atoms with E-state index in [1.165, 1.54) is 38.5 Å². The molecule has 4 nitrogen and oxygen atoms in total. The molecular formula is C14H31O4Si4. The van der Waals surface area contributed by atoms with Crippen molar-refractivity contribution >= 4 is 36.4 Å². The van der Waals surface area contributed by atoms with Crippen molar-refractivity contribution in [1.29, 1.82) is 0 Å². The first-order chi connectivity index (χ1) is 10.4. The van der Waals surface area contributed by atoms with Crippen molar-refractivity contribution in [2.45, 2.75) is 77.7 Å². The Kier molecular flexibility index (Phi) is 10.3. The highest BCUT2D eigenvalue weighted by Crippen LogP contribution is 2.23. The first-order valence-electron chi connectivity index (χ1n) is 8.31. The molecule has 0 unspecified atom stereocenters. The summed E-state index contributed by atoms with van der Waals surface area (Å²) in [4.78, 5) is 0. The Hall–Kier alpha value is 0.448. The minimum absolute atomic E-state index is 1.06. The molecule has 22 heavy (non-hydrogen) atoms. The number of unbranched alkanes of at least 4 members (excludes halogenated alkanes) is 5. The summed E-state index contributed by atoms with van der Waals surface area (Å²) < 4.78 is 24.2. The van der Waals surface area contributed by atoms with Crippen LogP contribution in [0.15, 0.2) is 12.2 Å². The molecule has 1 saturated heterocycles. The minimum atomic E-state index is -2.11. The third-order valence-corrected chi connectivity index (χ3v) is 15.1. The van der Waals surface area contributed by atoms with Crippen molar-refractivity contribution in [2.24, 2.45) is 0 Å². The van der Waals surface area contributed by atoms with E-state index in [2.05, 4.69) is 38.7 Å². The van der Waals surface area contributed by atoms with Crippen LogP contribution in [0, 0.1) is 0 Å². The summed E-state index contributed by atoms with van der Waals surface area (Å²) in [5, 5.41) is 0. The summed E-state index contributed by atoms with van der Waals surface area (Å²) in [5.74, 6) is 0. The molecule has 0 aromatic heterocycles. The van der Waals surface area contributed by atoms with Gasteiger partial charge in [-0.1, -0.05) is 37.8 Å². The number of hydrogen-bond donors (Lipinski definition) is 0. The minimum Gasteiger partial charge on any atom is -0.415 e. The van der Waals surface area contributed by atoms with Crippen molar-refractivity contribution in [3.05, 3.63) is 12.2 Å². The van der Waals surface area contributed by atoms with Gasteiger partial charge in [-0.3, -0.25) is 0 Å². The molecule has 1 aliphatic rings. The van der Waals surface area contributed by atoms with Crippen LogP contribution in [0.25, 0.3) is 0 Å². The predicted octanol–water partition coefficient (Wildman–Crippen LogP) is 4.41. The quantitative estimate of drug-likeness (QED) is 0.358. The van der Waals surface area contributed by atoms with E-state index in [4.69, 9.17) is 16.5 Å². The third-order valence-electron chi connectivity index (χ3n) is 3.53. The Bertz CT molecular complexity index is 316. The average molecular weight is 376 g/mol. The Morgan fingerprint density at radius 1 is 0.818 bits per heavy atom. The third kappa shape index (κ3) is 8.92. The Morgan fingerprint density at radius 3 is 1.95 bits per heavy atom. The van der Waals surface area contributed by atoms with E-state index in [9.17, 15) is 0 Å². The van der Waals surface area contributed by atoms with Crippen molar-refractivity contribution in [2.75, 3.05) is 0 Å². The first kappa shape index (κ1) is 20.5. The second kappa shape index (κ2) is 11.1. The Morgan fingerprint density at radius 2 is 1.36 bits per heavy atom.